The number of allylic oxidation sites excluding steroid dienone is 1. The third-order valence-corrected chi connectivity index (χ3v) is 4.45. The number of benzene rings is 2. The highest BCUT2D eigenvalue weighted by molar-refractivity contribution is 9.10. The van der Waals surface area contributed by atoms with Crippen LogP contribution in [0.5, 0.6) is 0 Å². The number of aliphatic hydroxyl groups is 1. The summed E-state index contributed by atoms with van der Waals surface area (Å²) in [6.07, 6.45) is -0.751. The molecule has 1 aliphatic carbocycles. The molecule has 3 rings (SSSR count). The van der Waals surface area contributed by atoms with Gasteiger partial charge in [-0.1, -0.05) is 65.3 Å². The minimum Gasteiger partial charge on any atom is -0.388 e. The quantitative estimate of drug-likeness (QED) is 0.897. The van der Waals surface area contributed by atoms with Gasteiger partial charge in [-0.25, -0.2) is 0 Å². The van der Waals surface area contributed by atoms with Crippen molar-refractivity contribution in [3.05, 3.63) is 70.2 Å². The predicted molar refractivity (Wildman–Crippen MR) is 87.6 cm³/mol. The fourth-order valence-corrected chi connectivity index (χ4v) is 3.01. The number of hydrogen-bond acceptors (Lipinski definition) is 2. The zero-order valence-corrected chi connectivity index (χ0v) is 13.2. The third kappa shape index (κ3) is 2.47. The first kappa shape index (κ1) is 14.2. The summed E-state index contributed by atoms with van der Waals surface area (Å²) >= 11 is 3.40. The molecule has 0 saturated carbocycles. The summed E-state index contributed by atoms with van der Waals surface area (Å²) in [7, 11) is 0. The minimum atomic E-state index is -0.751. The standard InChI is InChI=1S/C18H15BrO2/c1-11-17(20)15(12-5-3-2-4-6-12)16(18(11)21)13-7-9-14(19)10-8-13/h2-11,17,20H,1H3/t11?,17-/m1/s1. The molecular formula is C18H15BrO2. The van der Waals surface area contributed by atoms with Gasteiger partial charge in [0.25, 0.3) is 0 Å². The maximum Gasteiger partial charge on any atom is 0.169 e. The molecule has 0 saturated heterocycles. The average molecular weight is 343 g/mol. The van der Waals surface area contributed by atoms with Crippen LogP contribution in [-0.2, 0) is 4.79 Å². The summed E-state index contributed by atoms with van der Waals surface area (Å²) in [5.41, 5.74) is 3.12. The van der Waals surface area contributed by atoms with Crippen molar-refractivity contribution < 1.29 is 9.90 Å². The molecule has 0 aliphatic heterocycles. The molecule has 1 aliphatic rings. The normalized spacial score (nSPS) is 22.0. The molecule has 21 heavy (non-hydrogen) atoms. The van der Waals surface area contributed by atoms with E-state index in [9.17, 15) is 9.90 Å². The second-order valence-electron chi connectivity index (χ2n) is 5.26. The highest BCUT2D eigenvalue weighted by Gasteiger charge is 2.38. The lowest BCUT2D eigenvalue weighted by molar-refractivity contribution is -0.117. The number of ketones is 1. The average Bonchev–Trinajstić information content (AvgIpc) is 2.73. The Morgan fingerprint density at radius 3 is 2.19 bits per heavy atom. The Kier molecular flexibility index (Phi) is 3.79. The smallest absolute Gasteiger partial charge is 0.169 e. The van der Waals surface area contributed by atoms with Crippen LogP contribution in [0.2, 0.25) is 0 Å². The molecule has 1 unspecified atom stereocenters. The highest BCUT2D eigenvalue weighted by Crippen LogP contribution is 2.40. The van der Waals surface area contributed by atoms with E-state index in [-0.39, 0.29) is 5.78 Å². The number of carbonyl (C=O) groups excluding carboxylic acids is 1. The molecular weight excluding hydrogens is 328 g/mol. The van der Waals surface area contributed by atoms with Gasteiger partial charge in [-0.15, -0.1) is 0 Å². The van der Waals surface area contributed by atoms with Gasteiger partial charge in [0, 0.05) is 16.0 Å². The van der Waals surface area contributed by atoms with Crippen molar-refractivity contribution >= 4 is 32.9 Å². The monoisotopic (exact) mass is 342 g/mol. The Labute approximate surface area is 132 Å². The summed E-state index contributed by atoms with van der Waals surface area (Å²) < 4.78 is 0.965. The molecule has 0 radical (unpaired) electrons. The van der Waals surface area contributed by atoms with Crippen molar-refractivity contribution in [2.45, 2.75) is 13.0 Å². The van der Waals surface area contributed by atoms with Crippen molar-refractivity contribution in [3.8, 4) is 0 Å². The summed E-state index contributed by atoms with van der Waals surface area (Å²) in [5.74, 6) is -0.400. The fraction of sp³-hybridized carbons (Fsp3) is 0.167. The van der Waals surface area contributed by atoms with Crippen LogP contribution in [0.3, 0.4) is 0 Å². The molecule has 0 heterocycles. The highest BCUT2D eigenvalue weighted by atomic mass is 79.9. The Morgan fingerprint density at radius 1 is 0.952 bits per heavy atom. The second-order valence-corrected chi connectivity index (χ2v) is 6.18. The second kappa shape index (κ2) is 5.58. The summed E-state index contributed by atoms with van der Waals surface area (Å²) in [5, 5.41) is 10.5. The number of aliphatic hydroxyl groups excluding tert-OH is 1. The van der Waals surface area contributed by atoms with Gasteiger partial charge in [0.2, 0.25) is 0 Å². The Morgan fingerprint density at radius 2 is 1.57 bits per heavy atom. The number of hydrogen-bond donors (Lipinski definition) is 1. The number of carbonyl (C=O) groups is 1. The van der Waals surface area contributed by atoms with E-state index in [2.05, 4.69) is 15.9 Å². The molecule has 0 fully saturated rings. The molecule has 2 nitrogen and oxygen atoms in total. The molecule has 3 heteroatoms. The van der Waals surface area contributed by atoms with Gasteiger partial charge in [0.1, 0.15) is 0 Å². The first-order valence-electron chi connectivity index (χ1n) is 6.87. The number of halogens is 1. The van der Waals surface area contributed by atoms with Crippen LogP contribution in [-0.4, -0.2) is 17.0 Å². The third-order valence-electron chi connectivity index (χ3n) is 3.92. The maximum absolute atomic E-state index is 12.6. The van der Waals surface area contributed by atoms with Crippen LogP contribution in [0.25, 0.3) is 11.1 Å². The van der Waals surface area contributed by atoms with Gasteiger partial charge in [0.05, 0.1) is 6.10 Å². The van der Waals surface area contributed by atoms with Gasteiger partial charge in [0.15, 0.2) is 5.78 Å². The van der Waals surface area contributed by atoms with Crippen LogP contribution >= 0.6 is 15.9 Å². The van der Waals surface area contributed by atoms with Crippen molar-refractivity contribution in [1.29, 1.82) is 0 Å². The van der Waals surface area contributed by atoms with E-state index < -0.39 is 12.0 Å². The van der Waals surface area contributed by atoms with Crippen molar-refractivity contribution in [1.82, 2.24) is 0 Å². The van der Waals surface area contributed by atoms with Gasteiger partial charge < -0.3 is 5.11 Å². The zero-order valence-electron chi connectivity index (χ0n) is 11.6. The van der Waals surface area contributed by atoms with Gasteiger partial charge in [-0.2, -0.15) is 0 Å². The fourth-order valence-electron chi connectivity index (χ4n) is 2.75. The van der Waals surface area contributed by atoms with Gasteiger partial charge >= 0.3 is 0 Å². The number of rotatable bonds is 2. The minimum absolute atomic E-state index is 0.00340. The van der Waals surface area contributed by atoms with Crippen LogP contribution < -0.4 is 0 Å². The van der Waals surface area contributed by atoms with Crippen LogP contribution in [0.4, 0.5) is 0 Å². The van der Waals surface area contributed by atoms with E-state index in [1.54, 1.807) is 6.92 Å². The summed E-state index contributed by atoms with van der Waals surface area (Å²) in [6.45, 7) is 1.78. The van der Waals surface area contributed by atoms with E-state index in [4.69, 9.17) is 0 Å². The van der Waals surface area contributed by atoms with Gasteiger partial charge in [-0.3, -0.25) is 4.79 Å². The lowest BCUT2D eigenvalue weighted by Crippen LogP contribution is -2.18. The topological polar surface area (TPSA) is 37.3 Å². The van der Waals surface area contributed by atoms with Crippen molar-refractivity contribution in [2.24, 2.45) is 5.92 Å². The number of Topliss-reactive ketones (excluding diaryl/α,β-unsaturated/α-hetero) is 1. The van der Waals surface area contributed by atoms with E-state index in [1.165, 1.54) is 0 Å². The molecule has 2 atom stereocenters. The maximum atomic E-state index is 12.6. The molecule has 0 bridgehead atoms. The molecule has 106 valence electrons. The van der Waals surface area contributed by atoms with E-state index in [1.807, 2.05) is 54.6 Å². The van der Waals surface area contributed by atoms with Gasteiger partial charge in [-0.05, 0) is 28.8 Å². The largest absolute Gasteiger partial charge is 0.388 e. The van der Waals surface area contributed by atoms with E-state index in [0.717, 1.165) is 21.2 Å². The molecule has 0 aromatic heterocycles. The van der Waals surface area contributed by atoms with Crippen LogP contribution in [0, 0.1) is 5.92 Å². The molecule has 0 amide bonds. The molecule has 2 aromatic rings. The van der Waals surface area contributed by atoms with Crippen LogP contribution in [0.1, 0.15) is 18.1 Å². The Hall–Kier alpha value is -1.71. The summed E-state index contributed by atoms with van der Waals surface area (Å²) in [6, 6.07) is 17.3. The predicted octanol–water partition coefficient (Wildman–Crippen LogP) is 3.94. The lowest BCUT2D eigenvalue weighted by atomic mass is 9.96. The summed E-state index contributed by atoms with van der Waals surface area (Å²) in [4.78, 5) is 12.6. The first-order valence-corrected chi connectivity index (χ1v) is 7.66. The zero-order chi connectivity index (χ0) is 15.0. The van der Waals surface area contributed by atoms with Crippen molar-refractivity contribution in [3.63, 3.8) is 0 Å². The molecule has 2 aromatic carbocycles. The Balaban J connectivity index is 2.21. The van der Waals surface area contributed by atoms with E-state index >= 15 is 0 Å². The van der Waals surface area contributed by atoms with Crippen molar-refractivity contribution in [2.75, 3.05) is 0 Å². The van der Waals surface area contributed by atoms with E-state index in [0.29, 0.717) is 5.57 Å². The first-order chi connectivity index (χ1) is 10.1. The molecule has 1 N–H and O–H groups in total. The SMILES string of the molecule is CC1C(=O)C(c2ccc(Br)cc2)=C(c2ccccc2)[C@@H]1O. The van der Waals surface area contributed by atoms with Crippen LogP contribution in [0.15, 0.2) is 59.1 Å². The Bertz CT molecular complexity index is 702. The molecule has 0 spiro atoms. The lowest BCUT2D eigenvalue weighted by Gasteiger charge is -2.12.